The molecule has 0 heterocycles. The van der Waals surface area contributed by atoms with Crippen LogP contribution in [0.15, 0.2) is 60.8 Å². The van der Waals surface area contributed by atoms with Crippen molar-refractivity contribution in [2.24, 2.45) is 0 Å². The predicted molar refractivity (Wildman–Crippen MR) is 175 cm³/mol. The molecule has 0 aromatic carbocycles. The van der Waals surface area contributed by atoms with Crippen molar-refractivity contribution in [3.05, 3.63) is 60.8 Å². The second-order valence-corrected chi connectivity index (χ2v) is 12.2. The summed E-state index contributed by atoms with van der Waals surface area (Å²) in [7, 11) is -4.35. The van der Waals surface area contributed by atoms with Gasteiger partial charge in [-0.1, -0.05) is 113 Å². The second-order valence-electron chi connectivity index (χ2n) is 10.7. The molecule has 0 aromatic heterocycles. The Morgan fingerprint density at radius 2 is 1.20 bits per heavy atom. The average molecular weight is 594 g/mol. The lowest BCUT2D eigenvalue weighted by atomic mass is 10.1. The Hall–Kier alpha value is -1.96. The van der Waals surface area contributed by atoms with Crippen LogP contribution >= 0.6 is 0 Å². The number of carbonyl (C=O) groups is 1. The maximum Gasteiger partial charge on any atom is 0.267 e. The van der Waals surface area contributed by atoms with Crippen LogP contribution in [0.1, 0.15) is 129 Å². The van der Waals surface area contributed by atoms with Crippen LogP contribution in [0, 0.1) is 0 Å². The SMILES string of the molecule is CC/C=C/CC/C=C/CC/C=C/C(O)C(CS(=O)(=O)O)NC(=O)CCCCCCC/C=C\C/C=C\CCCCCC. The van der Waals surface area contributed by atoms with E-state index in [2.05, 4.69) is 67.8 Å². The van der Waals surface area contributed by atoms with Gasteiger partial charge in [-0.25, -0.2) is 0 Å². The first-order chi connectivity index (χ1) is 19.8. The molecular weight excluding hydrogens is 534 g/mol. The molecule has 0 aliphatic heterocycles. The highest BCUT2D eigenvalue weighted by molar-refractivity contribution is 7.85. The van der Waals surface area contributed by atoms with Crippen molar-refractivity contribution in [2.75, 3.05) is 5.75 Å². The van der Waals surface area contributed by atoms with Crippen molar-refractivity contribution < 1.29 is 22.9 Å². The van der Waals surface area contributed by atoms with Gasteiger partial charge in [0.05, 0.1) is 17.9 Å². The molecule has 1 amide bonds. The summed E-state index contributed by atoms with van der Waals surface area (Å²) in [6.45, 7) is 4.34. The molecular formula is C34H59NO5S. The van der Waals surface area contributed by atoms with Crippen molar-refractivity contribution in [1.29, 1.82) is 0 Å². The van der Waals surface area contributed by atoms with Crippen LogP contribution in [0.25, 0.3) is 0 Å². The van der Waals surface area contributed by atoms with Gasteiger partial charge in [-0.2, -0.15) is 8.42 Å². The number of hydrogen-bond donors (Lipinski definition) is 3. The largest absolute Gasteiger partial charge is 0.387 e. The Labute approximate surface area is 251 Å². The number of hydrogen-bond acceptors (Lipinski definition) is 4. The van der Waals surface area contributed by atoms with Crippen molar-refractivity contribution in [1.82, 2.24) is 5.32 Å². The summed E-state index contributed by atoms with van der Waals surface area (Å²) in [5.74, 6) is -1.04. The standard InChI is InChI=1S/C34H59NO5S/c1-3-5-7-9-11-13-15-16-17-18-19-20-22-24-26-28-30-34(37)35-32(31-41(38,39)40)33(36)29-27-25-23-21-14-12-10-8-6-4-2/h6,8,13-15,17-18,21,27,29,32-33,36H,3-5,7,9-12,16,19-20,22-26,28,30-31H2,1-2H3,(H,35,37)(H,38,39,40)/b8-6+,15-13-,18-17-,21-14+,29-27+. The molecule has 3 N–H and O–H groups in total. The first-order valence-electron chi connectivity index (χ1n) is 16.0. The summed E-state index contributed by atoms with van der Waals surface area (Å²) in [5, 5.41) is 13.0. The van der Waals surface area contributed by atoms with E-state index in [9.17, 15) is 22.9 Å². The Balaban J connectivity index is 4.13. The number of allylic oxidation sites excluding steroid dienone is 9. The van der Waals surface area contributed by atoms with E-state index < -0.39 is 28.0 Å². The van der Waals surface area contributed by atoms with Crippen LogP contribution in [0.2, 0.25) is 0 Å². The Kier molecular flexibility index (Phi) is 26.8. The van der Waals surface area contributed by atoms with Gasteiger partial charge in [0.2, 0.25) is 5.91 Å². The number of aliphatic hydroxyl groups is 1. The summed E-state index contributed by atoms with van der Waals surface area (Å²) in [6.07, 6.45) is 37.8. The summed E-state index contributed by atoms with van der Waals surface area (Å²) in [5.41, 5.74) is 0. The van der Waals surface area contributed by atoms with Gasteiger partial charge >= 0.3 is 0 Å². The molecule has 236 valence electrons. The lowest BCUT2D eigenvalue weighted by Crippen LogP contribution is -2.46. The lowest BCUT2D eigenvalue weighted by Gasteiger charge is -2.21. The number of unbranched alkanes of at least 4 members (excludes halogenated alkanes) is 11. The minimum atomic E-state index is -4.35. The van der Waals surface area contributed by atoms with Gasteiger partial charge in [-0.3, -0.25) is 9.35 Å². The molecule has 0 aliphatic carbocycles. The molecule has 0 bridgehead atoms. The van der Waals surface area contributed by atoms with Crippen molar-refractivity contribution >= 4 is 16.0 Å². The van der Waals surface area contributed by atoms with Crippen LogP contribution < -0.4 is 5.32 Å². The summed E-state index contributed by atoms with van der Waals surface area (Å²) >= 11 is 0. The fraction of sp³-hybridized carbons (Fsp3) is 0.676. The minimum Gasteiger partial charge on any atom is -0.387 e. The summed E-state index contributed by atoms with van der Waals surface area (Å²) < 4.78 is 32.2. The maximum atomic E-state index is 12.4. The summed E-state index contributed by atoms with van der Waals surface area (Å²) in [4.78, 5) is 12.4. The van der Waals surface area contributed by atoms with Gasteiger partial charge < -0.3 is 10.4 Å². The highest BCUT2D eigenvalue weighted by Gasteiger charge is 2.24. The lowest BCUT2D eigenvalue weighted by molar-refractivity contribution is -0.122. The highest BCUT2D eigenvalue weighted by Crippen LogP contribution is 2.10. The van der Waals surface area contributed by atoms with E-state index in [1.54, 1.807) is 6.08 Å². The van der Waals surface area contributed by atoms with Crippen molar-refractivity contribution in [3.63, 3.8) is 0 Å². The van der Waals surface area contributed by atoms with E-state index in [0.717, 1.165) is 64.2 Å². The number of carbonyl (C=O) groups excluding carboxylic acids is 1. The average Bonchev–Trinajstić information content (AvgIpc) is 2.92. The highest BCUT2D eigenvalue weighted by atomic mass is 32.2. The van der Waals surface area contributed by atoms with E-state index in [-0.39, 0.29) is 12.3 Å². The molecule has 0 saturated carbocycles. The molecule has 0 saturated heterocycles. The van der Waals surface area contributed by atoms with Gasteiger partial charge in [-0.05, 0) is 70.6 Å². The second kappa shape index (κ2) is 28.2. The zero-order valence-corrected chi connectivity index (χ0v) is 26.7. The third-order valence-corrected chi connectivity index (χ3v) is 7.44. The molecule has 7 heteroatoms. The quantitative estimate of drug-likeness (QED) is 0.0503. The number of rotatable bonds is 27. The Morgan fingerprint density at radius 3 is 1.78 bits per heavy atom. The predicted octanol–water partition coefficient (Wildman–Crippen LogP) is 8.56. The van der Waals surface area contributed by atoms with Crippen LogP contribution in [0.5, 0.6) is 0 Å². The molecule has 0 fully saturated rings. The van der Waals surface area contributed by atoms with Crippen molar-refractivity contribution in [2.45, 2.75) is 142 Å². The molecule has 0 aromatic rings. The first-order valence-corrected chi connectivity index (χ1v) is 17.6. The monoisotopic (exact) mass is 593 g/mol. The van der Waals surface area contributed by atoms with Crippen LogP contribution in [-0.2, 0) is 14.9 Å². The Morgan fingerprint density at radius 1 is 0.683 bits per heavy atom. The molecule has 2 unspecified atom stereocenters. The summed E-state index contributed by atoms with van der Waals surface area (Å²) in [6, 6.07) is -1.09. The zero-order chi connectivity index (χ0) is 30.4. The fourth-order valence-corrected chi connectivity index (χ4v) is 5.01. The molecule has 0 aliphatic rings. The smallest absolute Gasteiger partial charge is 0.267 e. The van der Waals surface area contributed by atoms with E-state index in [1.165, 1.54) is 38.2 Å². The molecule has 0 spiro atoms. The van der Waals surface area contributed by atoms with Gasteiger partial charge in [0.25, 0.3) is 10.1 Å². The van der Waals surface area contributed by atoms with E-state index in [4.69, 9.17) is 0 Å². The Bertz CT molecular complexity index is 874. The first kappa shape index (κ1) is 39.0. The minimum absolute atomic E-state index is 0.265. The van der Waals surface area contributed by atoms with Gasteiger partial charge in [0.15, 0.2) is 0 Å². The zero-order valence-electron chi connectivity index (χ0n) is 25.9. The van der Waals surface area contributed by atoms with E-state index in [0.29, 0.717) is 12.8 Å². The van der Waals surface area contributed by atoms with Gasteiger partial charge in [-0.15, -0.1) is 0 Å². The molecule has 0 radical (unpaired) electrons. The van der Waals surface area contributed by atoms with Gasteiger partial charge in [0.1, 0.15) is 0 Å². The third kappa shape index (κ3) is 29.3. The fourth-order valence-electron chi connectivity index (χ4n) is 4.28. The topological polar surface area (TPSA) is 104 Å². The van der Waals surface area contributed by atoms with Crippen LogP contribution in [0.4, 0.5) is 0 Å². The molecule has 0 rings (SSSR count). The van der Waals surface area contributed by atoms with Crippen LogP contribution in [-0.4, -0.2) is 41.9 Å². The van der Waals surface area contributed by atoms with Crippen LogP contribution in [0.3, 0.4) is 0 Å². The normalized spacial score (nSPS) is 14.3. The van der Waals surface area contributed by atoms with Gasteiger partial charge in [0, 0.05) is 6.42 Å². The molecule has 2 atom stereocenters. The van der Waals surface area contributed by atoms with E-state index in [1.807, 2.05) is 0 Å². The molecule has 6 nitrogen and oxygen atoms in total. The maximum absolute atomic E-state index is 12.4. The number of amides is 1. The van der Waals surface area contributed by atoms with E-state index >= 15 is 0 Å². The third-order valence-electron chi connectivity index (χ3n) is 6.66. The van der Waals surface area contributed by atoms with Crippen molar-refractivity contribution in [3.8, 4) is 0 Å². The number of aliphatic hydroxyl groups excluding tert-OH is 1. The molecule has 41 heavy (non-hydrogen) atoms. The number of nitrogens with one attached hydrogen (secondary N) is 1.